The van der Waals surface area contributed by atoms with E-state index in [1.807, 2.05) is 13.8 Å². The van der Waals surface area contributed by atoms with E-state index in [1.165, 1.54) is 0 Å². The van der Waals surface area contributed by atoms with Gasteiger partial charge in [-0.3, -0.25) is 0 Å². The molecule has 0 aromatic heterocycles. The molecule has 1 atom stereocenters. The highest BCUT2D eigenvalue weighted by molar-refractivity contribution is 4.66. The third-order valence-corrected chi connectivity index (χ3v) is 1.60. The Kier molecular flexibility index (Phi) is 9.92. The maximum atomic E-state index is 3.44. The number of nitrogens with one attached hydrogen (secondary N) is 1. The van der Waals surface area contributed by atoms with Crippen molar-refractivity contribution in [1.29, 1.82) is 0 Å². The molecule has 0 aromatic rings. The van der Waals surface area contributed by atoms with Crippen LogP contribution in [0.15, 0.2) is 0 Å². The molecular weight excluding hydrogens is 134 g/mol. The Morgan fingerprint density at radius 3 is 1.27 bits per heavy atom. The van der Waals surface area contributed by atoms with E-state index in [4.69, 9.17) is 0 Å². The Hall–Kier alpha value is -0.0400. The van der Waals surface area contributed by atoms with Gasteiger partial charge in [0.05, 0.1) is 0 Å². The van der Waals surface area contributed by atoms with Gasteiger partial charge < -0.3 is 5.32 Å². The van der Waals surface area contributed by atoms with Crippen LogP contribution in [0.5, 0.6) is 0 Å². The number of hydrogen-bond acceptors (Lipinski definition) is 1. The molecule has 0 saturated heterocycles. The van der Waals surface area contributed by atoms with E-state index in [-0.39, 0.29) is 0 Å². The average Bonchev–Trinajstić information content (AvgIpc) is 1.90. The molecule has 0 saturated carbocycles. The van der Waals surface area contributed by atoms with E-state index in [0.717, 1.165) is 5.92 Å². The van der Waals surface area contributed by atoms with Crippen molar-refractivity contribution in [2.75, 3.05) is 0 Å². The monoisotopic (exact) mass is 159 g/mol. The van der Waals surface area contributed by atoms with E-state index in [2.05, 4.69) is 39.9 Å². The third-order valence-electron chi connectivity index (χ3n) is 1.60. The Morgan fingerprint density at radius 1 is 0.818 bits per heavy atom. The van der Waals surface area contributed by atoms with Gasteiger partial charge in [0.1, 0.15) is 0 Å². The van der Waals surface area contributed by atoms with Crippen molar-refractivity contribution < 1.29 is 0 Å². The Morgan fingerprint density at radius 2 is 1.18 bits per heavy atom. The van der Waals surface area contributed by atoms with Crippen LogP contribution in [0.3, 0.4) is 0 Å². The molecule has 0 amide bonds. The van der Waals surface area contributed by atoms with Crippen LogP contribution in [0.25, 0.3) is 0 Å². The van der Waals surface area contributed by atoms with Crippen molar-refractivity contribution in [3.8, 4) is 0 Å². The molecule has 0 heterocycles. The first-order valence-corrected chi connectivity index (χ1v) is 4.80. The molecular formula is C10H25N. The molecule has 1 N–H and O–H groups in total. The lowest BCUT2D eigenvalue weighted by molar-refractivity contribution is 0.396. The van der Waals surface area contributed by atoms with Crippen LogP contribution in [0.2, 0.25) is 0 Å². The molecule has 1 unspecified atom stereocenters. The summed E-state index contributed by atoms with van der Waals surface area (Å²) in [5.41, 5.74) is 0. The van der Waals surface area contributed by atoms with Crippen LogP contribution in [-0.2, 0) is 0 Å². The van der Waals surface area contributed by atoms with Gasteiger partial charge in [0.2, 0.25) is 0 Å². The minimum absolute atomic E-state index is 0.613. The van der Waals surface area contributed by atoms with Gasteiger partial charge in [-0.05, 0) is 12.8 Å². The van der Waals surface area contributed by atoms with E-state index < -0.39 is 0 Å². The van der Waals surface area contributed by atoms with Gasteiger partial charge in [-0.1, -0.05) is 41.5 Å². The standard InChI is InChI=1S/C8H19N.C2H6/c1-6(2)8(5)9-7(3)4;1-2/h6-9H,1-5H3;1-2H3. The number of rotatable bonds is 3. The molecule has 1 nitrogen and oxygen atoms in total. The molecule has 0 aliphatic carbocycles. The highest BCUT2D eigenvalue weighted by Gasteiger charge is 2.06. The Bertz CT molecular complexity index is 67.3. The van der Waals surface area contributed by atoms with Crippen LogP contribution in [0.1, 0.15) is 48.5 Å². The highest BCUT2D eigenvalue weighted by Crippen LogP contribution is 2.00. The van der Waals surface area contributed by atoms with E-state index >= 15 is 0 Å². The molecule has 0 aromatic carbocycles. The first-order chi connectivity index (χ1) is 5.04. The normalized spacial score (nSPS) is 12.8. The fourth-order valence-corrected chi connectivity index (χ4v) is 0.718. The van der Waals surface area contributed by atoms with Crippen LogP contribution in [0, 0.1) is 5.92 Å². The maximum absolute atomic E-state index is 3.44. The second-order valence-corrected chi connectivity index (χ2v) is 3.35. The van der Waals surface area contributed by atoms with Crippen molar-refractivity contribution in [3.63, 3.8) is 0 Å². The summed E-state index contributed by atoms with van der Waals surface area (Å²) < 4.78 is 0. The molecule has 0 bridgehead atoms. The largest absolute Gasteiger partial charge is 0.312 e. The molecule has 11 heavy (non-hydrogen) atoms. The quantitative estimate of drug-likeness (QED) is 0.667. The molecule has 0 radical (unpaired) electrons. The van der Waals surface area contributed by atoms with Crippen LogP contribution in [0.4, 0.5) is 0 Å². The van der Waals surface area contributed by atoms with E-state index in [1.54, 1.807) is 0 Å². The van der Waals surface area contributed by atoms with Gasteiger partial charge in [0.15, 0.2) is 0 Å². The lowest BCUT2D eigenvalue weighted by Gasteiger charge is -2.19. The van der Waals surface area contributed by atoms with Gasteiger partial charge in [0, 0.05) is 12.1 Å². The minimum atomic E-state index is 0.613. The topological polar surface area (TPSA) is 12.0 Å². The Labute approximate surface area is 72.6 Å². The summed E-state index contributed by atoms with van der Waals surface area (Å²) in [6, 6.07) is 1.26. The summed E-state index contributed by atoms with van der Waals surface area (Å²) in [5, 5.41) is 3.44. The predicted molar refractivity (Wildman–Crippen MR) is 53.9 cm³/mol. The molecule has 70 valence electrons. The zero-order chi connectivity index (χ0) is 9.44. The smallest absolute Gasteiger partial charge is 0.00640 e. The molecule has 1 heteroatoms. The minimum Gasteiger partial charge on any atom is -0.312 e. The third kappa shape index (κ3) is 9.96. The lowest BCUT2D eigenvalue weighted by Crippen LogP contribution is -2.35. The van der Waals surface area contributed by atoms with E-state index in [0.29, 0.717) is 12.1 Å². The highest BCUT2D eigenvalue weighted by atomic mass is 14.9. The zero-order valence-corrected chi connectivity index (χ0v) is 9.23. The molecule has 0 aliphatic heterocycles. The van der Waals surface area contributed by atoms with Crippen molar-refractivity contribution in [2.45, 2.75) is 60.5 Å². The van der Waals surface area contributed by atoms with Gasteiger partial charge in [-0.2, -0.15) is 0 Å². The van der Waals surface area contributed by atoms with Crippen molar-refractivity contribution in [3.05, 3.63) is 0 Å². The van der Waals surface area contributed by atoms with Crippen LogP contribution < -0.4 is 5.32 Å². The molecule has 0 aliphatic rings. The fourth-order valence-electron chi connectivity index (χ4n) is 0.718. The van der Waals surface area contributed by atoms with Gasteiger partial charge in [-0.15, -0.1) is 0 Å². The first-order valence-electron chi connectivity index (χ1n) is 4.80. The maximum Gasteiger partial charge on any atom is 0.00640 e. The predicted octanol–water partition coefficient (Wildman–Crippen LogP) is 3.06. The van der Waals surface area contributed by atoms with Gasteiger partial charge in [0.25, 0.3) is 0 Å². The summed E-state index contributed by atoms with van der Waals surface area (Å²) in [4.78, 5) is 0. The second kappa shape index (κ2) is 8.06. The Balaban J connectivity index is 0. The lowest BCUT2D eigenvalue weighted by atomic mass is 10.1. The van der Waals surface area contributed by atoms with Crippen LogP contribution >= 0.6 is 0 Å². The van der Waals surface area contributed by atoms with Crippen molar-refractivity contribution in [2.24, 2.45) is 5.92 Å². The summed E-state index contributed by atoms with van der Waals surface area (Å²) in [6.45, 7) is 15.1. The zero-order valence-electron chi connectivity index (χ0n) is 9.23. The SMILES string of the molecule is CC.CC(C)NC(C)C(C)C. The van der Waals surface area contributed by atoms with Crippen LogP contribution in [-0.4, -0.2) is 12.1 Å². The van der Waals surface area contributed by atoms with Crippen molar-refractivity contribution >= 4 is 0 Å². The average molecular weight is 159 g/mol. The van der Waals surface area contributed by atoms with Gasteiger partial charge in [-0.25, -0.2) is 0 Å². The molecule has 0 fully saturated rings. The second-order valence-electron chi connectivity index (χ2n) is 3.35. The molecule has 0 rings (SSSR count). The van der Waals surface area contributed by atoms with Crippen molar-refractivity contribution in [1.82, 2.24) is 5.32 Å². The fraction of sp³-hybridized carbons (Fsp3) is 1.00. The summed E-state index contributed by atoms with van der Waals surface area (Å²) in [6.07, 6.45) is 0. The van der Waals surface area contributed by atoms with E-state index in [9.17, 15) is 0 Å². The van der Waals surface area contributed by atoms with Gasteiger partial charge >= 0.3 is 0 Å². The number of hydrogen-bond donors (Lipinski definition) is 1. The summed E-state index contributed by atoms with van der Waals surface area (Å²) in [5.74, 6) is 0.743. The summed E-state index contributed by atoms with van der Waals surface area (Å²) >= 11 is 0. The molecule has 0 spiro atoms. The first kappa shape index (κ1) is 13.5. The summed E-state index contributed by atoms with van der Waals surface area (Å²) in [7, 11) is 0.